The van der Waals surface area contributed by atoms with Crippen LogP contribution in [0, 0.1) is 12.0 Å². The highest BCUT2D eigenvalue weighted by Gasteiger charge is 2.12. The second-order valence-corrected chi connectivity index (χ2v) is 3.54. The van der Waals surface area contributed by atoms with Crippen LogP contribution in [0.15, 0.2) is 24.5 Å². The third kappa shape index (κ3) is 3.36. The molecule has 2 heteroatoms. The molecule has 1 rings (SSSR count). The van der Waals surface area contributed by atoms with E-state index in [1.807, 2.05) is 6.07 Å². The zero-order chi connectivity index (χ0) is 9.68. The number of carbonyl (C=O) groups is 1. The fourth-order valence-corrected chi connectivity index (χ4v) is 1.05. The van der Waals surface area contributed by atoms with Gasteiger partial charge in [-0.05, 0) is 18.4 Å². The lowest BCUT2D eigenvalue weighted by Crippen LogP contribution is -2.41. The molecule has 1 aromatic rings. The summed E-state index contributed by atoms with van der Waals surface area (Å²) in [6, 6.07) is 6.47. The van der Waals surface area contributed by atoms with Crippen LogP contribution in [0.2, 0.25) is 0 Å². The van der Waals surface area contributed by atoms with Gasteiger partial charge < -0.3 is 0 Å². The minimum atomic E-state index is 0.144. The SMILES string of the molecule is CC(C)CCC(=O)[n+]1c[c]ccc1. The second kappa shape index (κ2) is 4.75. The molecule has 0 spiro atoms. The molecular formula is C11H15NO+. The van der Waals surface area contributed by atoms with E-state index in [0.29, 0.717) is 12.3 Å². The average Bonchev–Trinajstić information content (AvgIpc) is 2.15. The van der Waals surface area contributed by atoms with E-state index in [9.17, 15) is 4.79 Å². The minimum Gasteiger partial charge on any atom is -0.219 e. The van der Waals surface area contributed by atoms with Crippen LogP contribution in [-0.2, 0) is 0 Å². The summed E-state index contributed by atoms with van der Waals surface area (Å²) in [7, 11) is 0. The third-order valence-electron chi connectivity index (χ3n) is 1.88. The number of hydrogen-bond donors (Lipinski definition) is 0. The van der Waals surface area contributed by atoms with Gasteiger partial charge in [-0.1, -0.05) is 13.8 Å². The molecule has 2 nitrogen and oxygen atoms in total. The smallest absolute Gasteiger partial charge is 0.219 e. The van der Waals surface area contributed by atoms with Crippen molar-refractivity contribution in [3.8, 4) is 0 Å². The normalized spacial score (nSPS) is 10.4. The Kier molecular flexibility index (Phi) is 3.62. The summed E-state index contributed by atoms with van der Waals surface area (Å²) in [4.78, 5) is 11.5. The highest BCUT2D eigenvalue weighted by atomic mass is 16.1. The molecule has 0 atom stereocenters. The molecule has 1 heterocycles. The van der Waals surface area contributed by atoms with Crippen molar-refractivity contribution < 1.29 is 9.36 Å². The molecule has 69 valence electrons. The van der Waals surface area contributed by atoms with E-state index in [1.54, 1.807) is 23.0 Å². The van der Waals surface area contributed by atoms with Crippen molar-refractivity contribution >= 4 is 5.91 Å². The highest BCUT2D eigenvalue weighted by molar-refractivity contribution is 5.66. The van der Waals surface area contributed by atoms with E-state index in [1.165, 1.54) is 0 Å². The van der Waals surface area contributed by atoms with Crippen molar-refractivity contribution in [2.75, 3.05) is 0 Å². The lowest BCUT2D eigenvalue weighted by Gasteiger charge is -1.99. The van der Waals surface area contributed by atoms with Crippen LogP contribution >= 0.6 is 0 Å². The van der Waals surface area contributed by atoms with Crippen LogP contribution in [0.4, 0.5) is 0 Å². The predicted molar refractivity (Wildman–Crippen MR) is 50.2 cm³/mol. The van der Waals surface area contributed by atoms with E-state index < -0.39 is 0 Å². The maximum absolute atomic E-state index is 11.5. The lowest BCUT2D eigenvalue weighted by atomic mass is 10.1. The first-order valence-electron chi connectivity index (χ1n) is 4.60. The predicted octanol–water partition coefficient (Wildman–Crippen LogP) is 1.85. The Bertz CT molecular complexity index is 267. The fraction of sp³-hybridized carbons (Fsp3) is 0.455. The molecule has 13 heavy (non-hydrogen) atoms. The Morgan fingerprint density at radius 2 is 2.31 bits per heavy atom. The lowest BCUT2D eigenvalue weighted by molar-refractivity contribution is -0.574. The number of hydrogen-bond acceptors (Lipinski definition) is 1. The van der Waals surface area contributed by atoms with E-state index in [-0.39, 0.29) is 5.91 Å². The van der Waals surface area contributed by atoms with Gasteiger partial charge in [0.05, 0.1) is 12.5 Å². The van der Waals surface area contributed by atoms with Gasteiger partial charge in [-0.25, -0.2) is 4.79 Å². The Morgan fingerprint density at radius 3 is 2.85 bits per heavy atom. The third-order valence-corrected chi connectivity index (χ3v) is 1.88. The van der Waals surface area contributed by atoms with Gasteiger partial charge in [0.15, 0.2) is 12.4 Å². The largest absolute Gasteiger partial charge is 0.392 e. The monoisotopic (exact) mass is 177 g/mol. The molecule has 1 aromatic heterocycles. The van der Waals surface area contributed by atoms with Crippen LogP contribution in [0.3, 0.4) is 0 Å². The molecule has 0 amide bonds. The van der Waals surface area contributed by atoms with Crippen molar-refractivity contribution in [2.45, 2.75) is 26.7 Å². The van der Waals surface area contributed by atoms with Crippen molar-refractivity contribution in [3.05, 3.63) is 30.6 Å². The van der Waals surface area contributed by atoms with Gasteiger partial charge in [-0.3, -0.25) is 0 Å². The van der Waals surface area contributed by atoms with Crippen molar-refractivity contribution in [2.24, 2.45) is 5.92 Å². The molecule has 0 aliphatic rings. The molecule has 0 fully saturated rings. The molecule has 0 saturated carbocycles. The zero-order valence-corrected chi connectivity index (χ0v) is 8.16. The Morgan fingerprint density at radius 1 is 1.54 bits per heavy atom. The zero-order valence-electron chi connectivity index (χ0n) is 8.16. The molecule has 0 saturated heterocycles. The van der Waals surface area contributed by atoms with Gasteiger partial charge in [-0.2, -0.15) is 0 Å². The first-order valence-corrected chi connectivity index (χ1v) is 4.60. The molecule has 0 unspecified atom stereocenters. The number of rotatable bonds is 3. The van der Waals surface area contributed by atoms with Gasteiger partial charge in [0, 0.05) is 6.07 Å². The summed E-state index contributed by atoms with van der Waals surface area (Å²) in [5.41, 5.74) is 0. The summed E-state index contributed by atoms with van der Waals surface area (Å²) in [5, 5.41) is 0. The Balaban J connectivity index is 2.50. The number of nitrogens with zero attached hydrogens (tertiary/aromatic N) is 1. The van der Waals surface area contributed by atoms with Crippen molar-refractivity contribution in [3.63, 3.8) is 0 Å². The van der Waals surface area contributed by atoms with E-state index in [4.69, 9.17) is 0 Å². The van der Waals surface area contributed by atoms with Crippen LogP contribution in [0.5, 0.6) is 0 Å². The molecule has 0 aliphatic carbocycles. The molecule has 0 aliphatic heterocycles. The van der Waals surface area contributed by atoms with E-state index in [0.717, 1.165) is 6.42 Å². The van der Waals surface area contributed by atoms with Crippen LogP contribution in [0.25, 0.3) is 0 Å². The van der Waals surface area contributed by atoms with Gasteiger partial charge in [-0.15, -0.1) is 4.57 Å². The van der Waals surface area contributed by atoms with Gasteiger partial charge in [0.25, 0.3) is 0 Å². The molecule has 0 N–H and O–H groups in total. The Hall–Kier alpha value is -1.18. The van der Waals surface area contributed by atoms with E-state index in [2.05, 4.69) is 19.9 Å². The fourth-order valence-electron chi connectivity index (χ4n) is 1.05. The van der Waals surface area contributed by atoms with Gasteiger partial charge in [0.2, 0.25) is 0 Å². The highest BCUT2D eigenvalue weighted by Crippen LogP contribution is 2.02. The Labute approximate surface area is 79.2 Å². The van der Waals surface area contributed by atoms with Gasteiger partial charge in [0.1, 0.15) is 0 Å². The number of carbonyl (C=O) groups excluding carboxylic acids is 1. The summed E-state index contributed by atoms with van der Waals surface area (Å²) < 4.78 is 1.59. The summed E-state index contributed by atoms with van der Waals surface area (Å²) in [6.45, 7) is 4.24. The molecule has 0 aromatic carbocycles. The maximum atomic E-state index is 11.5. The summed E-state index contributed by atoms with van der Waals surface area (Å²) >= 11 is 0. The number of pyridine rings is 1. The summed E-state index contributed by atoms with van der Waals surface area (Å²) in [6.07, 6.45) is 4.99. The maximum Gasteiger partial charge on any atom is 0.392 e. The molecule has 1 radical (unpaired) electrons. The van der Waals surface area contributed by atoms with Crippen LogP contribution in [-0.4, -0.2) is 5.91 Å². The molecule has 0 bridgehead atoms. The standard InChI is InChI=1S/C11H15NO/c1-10(2)6-7-11(13)12-8-4-3-5-9-12/h3-4,8-10H,6-7H2,1-2H3/q+1. The number of aromatic nitrogens is 1. The quantitative estimate of drug-likeness (QED) is 0.645. The van der Waals surface area contributed by atoms with Crippen molar-refractivity contribution in [1.29, 1.82) is 0 Å². The average molecular weight is 177 g/mol. The minimum absolute atomic E-state index is 0.144. The van der Waals surface area contributed by atoms with Crippen LogP contribution < -0.4 is 4.57 Å². The van der Waals surface area contributed by atoms with Crippen molar-refractivity contribution in [1.82, 2.24) is 0 Å². The van der Waals surface area contributed by atoms with Crippen LogP contribution in [0.1, 0.15) is 31.5 Å². The molecular weight excluding hydrogens is 162 g/mol. The summed E-state index contributed by atoms with van der Waals surface area (Å²) in [5.74, 6) is 0.725. The first kappa shape index (κ1) is 9.90. The second-order valence-electron chi connectivity index (χ2n) is 3.54. The van der Waals surface area contributed by atoms with E-state index >= 15 is 0 Å². The topological polar surface area (TPSA) is 20.9 Å². The van der Waals surface area contributed by atoms with Gasteiger partial charge >= 0.3 is 5.91 Å². The first-order chi connectivity index (χ1) is 6.20.